The largest absolute Gasteiger partial charge is 0.296 e. The minimum Gasteiger partial charge on any atom is -0.296 e. The third-order valence-corrected chi connectivity index (χ3v) is 14.5. The molecule has 0 aromatic carbocycles. The zero-order valence-electron chi connectivity index (χ0n) is 25.6. The zero-order chi connectivity index (χ0) is 26.2. The predicted octanol–water partition coefficient (Wildman–Crippen LogP) is 13.0. The van der Waals surface area contributed by atoms with Gasteiger partial charge in [-0.1, -0.05) is 196 Å². The van der Waals surface area contributed by atoms with Crippen molar-refractivity contribution in [1.82, 2.24) is 0 Å². The summed E-state index contributed by atoms with van der Waals surface area (Å²) in [6.45, 7) is 14.0. The fourth-order valence-electron chi connectivity index (χ4n) is 6.36. The number of hydrogen-bond donors (Lipinski definition) is 0. The van der Waals surface area contributed by atoms with E-state index in [2.05, 4.69) is 41.5 Å². The van der Waals surface area contributed by atoms with Crippen molar-refractivity contribution in [3.05, 3.63) is 0 Å². The van der Waals surface area contributed by atoms with Crippen molar-refractivity contribution in [2.24, 2.45) is 0 Å². The molecule has 35 heavy (non-hydrogen) atoms. The van der Waals surface area contributed by atoms with E-state index in [4.69, 9.17) is 0 Å². The van der Waals surface area contributed by atoms with Gasteiger partial charge in [0.25, 0.3) is 0 Å². The van der Waals surface area contributed by atoms with Crippen LogP contribution < -0.4 is 0 Å². The van der Waals surface area contributed by atoms with Crippen molar-refractivity contribution in [3.8, 4) is 0 Å². The van der Waals surface area contributed by atoms with E-state index in [1.807, 2.05) is 0 Å². The molecule has 0 aromatic heterocycles. The maximum Gasteiger partial charge on any atom is 0.245 e. The average molecular weight is 510 g/mol. The van der Waals surface area contributed by atoms with Crippen LogP contribution in [-0.2, 0) is 4.80 Å². The van der Waals surface area contributed by atoms with E-state index < -0.39 is 8.32 Å². The molecule has 0 spiro atoms. The molecule has 0 heterocycles. The Morgan fingerprint density at radius 2 is 0.571 bits per heavy atom. The number of rotatable bonds is 27. The van der Waals surface area contributed by atoms with Gasteiger partial charge in [-0.05, 0) is 16.6 Å². The van der Waals surface area contributed by atoms with E-state index in [1.54, 1.807) is 0 Å². The Morgan fingerprint density at radius 3 is 0.800 bits per heavy atom. The summed E-state index contributed by atoms with van der Waals surface area (Å²) in [7, 11) is -2.55. The van der Waals surface area contributed by atoms with Crippen molar-refractivity contribution >= 4 is 8.32 Å². The standard InChI is InChI=1S/C33H69OSi/c1-7-10-13-16-19-22-25-28-31(4)35(34,32(5)29-26-23-20-17-14-11-8-2)33(6)30-27-24-21-18-15-12-9-3/h31-33H,7-30H2,1-6H3. The van der Waals surface area contributed by atoms with Crippen LogP contribution in [0.25, 0.3) is 0 Å². The molecule has 0 saturated heterocycles. The van der Waals surface area contributed by atoms with Crippen LogP contribution in [0, 0.1) is 0 Å². The first-order chi connectivity index (χ1) is 16.9. The molecule has 211 valence electrons. The molecule has 3 unspecified atom stereocenters. The number of unbranched alkanes of at least 4 members (excludes halogenated alkanes) is 18. The molecule has 0 aromatic rings. The summed E-state index contributed by atoms with van der Waals surface area (Å²) in [5, 5.41) is 0. The second-order valence-electron chi connectivity index (χ2n) is 12.3. The summed E-state index contributed by atoms with van der Waals surface area (Å²) >= 11 is 0. The van der Waals surface area contributed by atoms with Gasteiger partial charge in [0.15, 0.2) is 0 Å². The second kappa shape index (κ2) is 24.5. The van der Waals surface area contributed by atoms with E-state index in [1.165, 1.54) is 154 Å². The molecule has 1 nitrogen and oxygen atoms in total. The molecule has 0 N–H and O–H groups in total. The Bertz CT molecular complexity index is 364. The molecule has 0 aliphatic rings. The molecular weight excluding hydrogens is 440 g/mol. The van der Waals surface area contributed by atoms with Gasteiger partial charge in [-0.15, -0.1) is 0 Å². The minimum atomic E-state index is -2.55. The topological polar surface area (TPSA) is 19.9 Å². The highest BCUT2D eigenvalue weighted by Gasteiger charge is 2.48. The van der Waals surface area contributed by atoms with Crippen LogP contribution in [-0.4, -0.2) is 8.32 Å². The summed E-state index contributed by atoms with van der Waals surface area (Å²) in [5.41, 5.74) is 1.33. The van der Waals surface area contributed by atoms with E-state index in [0.717, 1.165) is 0 Å². The van der Waals surface area contributed by atoms with E-state index in [0.29, 0.717) is 16.6 Å². The van der Waals surface area contributed by atoms with Gasteiger partial charge in [0.05, 0.1) is 0 Å². The van der Waals surface area contributed by atoms with Crippen molar-refractivity contribution in [1.29, 1.82) is 0 Å². The molecule has 0 amide bonds. The van der Waals surface area contributed by atoms with Crippen LogP contribution >= 0.6 is 0 Å². The molecule has 2 heteroatoms. The highest BCUT2D eigenvalue weighted by Crippen LogP contribution is 2.46. The van der Waals surface area contributed by atoms with Gasteiger partial charge in [0.1, 0.15) is 0 Å². The Morgan fingerprint density at radius 1 is 0.371 bits per heavy atom. The van der Waals surface area contributed by atoms with Crippen LogP contribution in [0.1, 0.15) is 196 Å². The molecule has 0 rings (SSSR count). The van der Waals surface area contributed by atoms with Gasteiger partial charge in [-0.25, -0.2) is 0 Å². The van der Waals surface area contributed by atoms with E-state index in [-0.39, 0.29) is 0 Å². The van der Waals surface area contributed by atoms with E-state index >= 15 is 0 Å². The molecule has 3 atom stereocenters. The smallest absolute Gasteiger partial charge is 0.245 e. The Kier molecular flexibility index (Phi) is 24.6. The first-order valence-corrected chi connectivity index (χ1v) is 18.8. The lowest BCUT2D eigenvalue weighted by molar-refractivity contribution is 0.346. The average Bonchev–Trinajstić information content (AvgIpc) is 2.86. The predicted molar refractivity (Wildman–Crippen MR) is 163 cm³/mol. The molecule has 0 aliphatic carbocycles. The first kappa shape index (κ1) is 35.2. The van der Waals surface area contributed by atoms with Crippen LogP contribution in [0.4, 0.5) is 0 Å². The van der Waals surface area contributed by atoms with Crippen molar-refractivity contribution in [2.45, 2.75) is 212 Å². The monoisotopic (exact) mass is 510 g/mol. The van der Waals surface area contributed by atoms with Crippen molar-refractivity contribution < 1.29 is 4.80 Å². The molecule has 0 bridgehead atoms. The normalized spacial score (nSPS) is 16.2. The maximum atomic E-state index is 14.8. The zero-order valence-corrected chi connectivity index (χ0v) is 26.6. The lowest BCUT2D eigenvalue weighted by Gasteiger charge is -2.39. The molecule has 0 saturated carbocycles. The summed E-state index contributed by atoms with van der Waals surface area (Å²) in [4.78, 5) is 14.8. The fraction of sp³-hybridized carbons (Fsp3) is 1.00. The van der Waals surface area contributed by atoms with Crippen LogP contribution in [0.2, 0.25) is 16.6 Å². The second-order valence-corrected chi connectivity index (χ2v) is 17.0. The highest BCUT2D eigenvalue weighted by molar-refractivity contribution is 6.76. The van der Waals surface area contributed by atoms with Gasteiger partial charge >= 0.3 is 0 Å². The Balaban J connectivity index is 4.67. The summed E-state index contributed by atoms with van der Waals surface area (Å²) in [6, 6.07) is 0. The maximum absolute atomic E-state index is 14.8. The quantitative estimate of drug-likeness (QED) is 0.0774. The van der Waals surface area contributed by atoms with E-state index in [9.17, 15) is 4.80 Å². The highest BCUT2D eigenvalue weighted by atomic mass is 28.4. The van der Waals surface area contributed by atoms with Gasteiger partial charge in [0.2, 0.25) is 8.32 Å². The Labute approximate surface area is 225 Å². The lowest BCUT2D eigenvalue weighted by atomic mass is 10.1. The van der Waals surface area contributed by atoms with Crippen LogP contribution in [0.5, 0.6) is 0 Å². The molecular formula is C33H69OSi. The number of hydrogen-bond acceptors (Lipinski definition) is 0. The summed E-state index contributed by atoms with van der Waals surface area (Å²) in [6.07, 6.45) is 32.2. The summed E-state index contributed by atoms with van der Waals surface area (Å²) in [5.74, 6) is 0. The molecule has 0 fully saturated rings. The summed E-state index contributed by atoms with van der Waals surface area (Å²) < 4.78 is 0. The van der Waals surface area contributed by atoms with Crippen LogP contribution in [0.15, 0.2) is 0 Å². The van der Waals surface area contributed by atoms with Gasteiger partial charge in [0, 0.05) is 0 Å². The SMILES string of the molecule is CCCCCCCCCC(C)[Si]([O])(C(C)CCCCCCCCC)C(C)CCCCCCCCC. The molecule has 0 aliphatic heterocycles. The molecule has 1 radical (unpaired) electrons. The Hall–Kier alpha value is 0.177. The van der Waals surface area contributed by atoms with Gasteiger partial charge in [-0.3, -0.25) is 4.80 Å². The van der Waals surface area contributed by atoms with Gasteiger partial charge in [-0.2, -0.15) is 0 Å². The van der Waals surface area contributed by atoms with Crippen molar-refractivity contribution in [3.63, 3.8) is 0 Å². The van der Waals surface area contributed by atoms with Crippen LogP contribution in [0.3, 0.4) is 0 Å². The van der Waals surface area contributed by atoms with Crippen molar-refractivity contribution in [2.75, 3.05) is 0 Å². The first-order valence-electron chi connectivity index (χ1n) is 16.6. The minimum absolute atomic E-state index is 0.442. The third-order valence-electron chi connectivity index (χ3n) is 9.03. The third kappa shape index (κ3) is 17.3. The van der Waals surface area contributed by atoms with Gasteiger partial charge < -0.3 is 0 Å². The fourth-order valence-corrected chi connectivity index (χ4v) is 11.2. The lowest BCUT2D eigenvalue weighted by Crippen LogP contribution is -2.46.